The minimum atomic E-state index is -2.12. The zero-order chi connectivity index (χ0) is 13.2. The van der Waals surface area contributed by atoms with Gasteiger partial charge in [-0.2, -0.15) is 5.10 Å². The molecule has 2 rings (SSSR count). The van der Waals surface area contributed by atoms with E-state index in [-0.39, 0.29) is 18.4 Å². The molecule has 0 bridgehead atoms. The molecule has 18 heavy (non-hydrogen) atoms. The maximum absolute atomic E-state index is 13.6. The van der Waals surface area contributed by atoms with E-state index in [4.69, 9.17) is 0 Å². The van der Waals surface area contributed by atoms with E-state index < -0.39 is 17.2 Å². The Morgan fingerprint density at radius 3 is 2.78 bits per heavy atom. The molecule has 0 radical (unpaired) electrons. The molecule has 0 spiro atoms. The lowest BCUT2D eigenvalue weighted by atomic mass is 9.95. The van der Waals surface area contributed by atoms with E-state index in [1.54, 1.807) is 0 Å². The van der Waals surface area contributed by atoms with Gasteiger partial charge in [0.25, 0.3) is 0 Å². The monoisotopic (exact) mass is 253 g/mol. The molecule has 7 heteroatoms. The fraction of sp³-hybridized carbons (Fsp3) is 0.182. The fourth-order valence-electron chi connectivity index (χ4n) is 1.59. The van der Waals surface area contributed by atoms with Crippen LogP contribution in [0.15, 0.2) is 30.9 Å². The summed E-state index contributed by atoms with van der Waals surface area (Å²) in [6, 6.07) is 2.59. The van der Waals surface area contributed by atoms with Gasteiger partial charge in [0, 0.05) is 11.6 Å². The average Bonchev–Trinajstić information content (AvgIpc) is 2.81. The van der Waals surface area contributed by atoms with E-state index in [1.807, 2.05) is 0 Å². The third kappa shape index (κ3) is 2.25. The summed E-state index contributed by atoms with van der Waals surface area (Å²) in [6.45, 7) is -0.306. The quantitative estimate of drug-likeness (QED) is 0.812. The summed E-state index contributed by atoms with van der Waals surface area (Å²) in [7, 11) is 0. The molecule has 1 N–H and O–H groups in total. The van der Waals surface area contributed by atoms with Crippen LogP contribution >= 0.6 is 0 Å². The van der Waals surface area contributed by atoms with Gasteiger partial charge in [0.05, 0.1) is 6.54 Å². The molecule has 5 nitrogen and oxygen atoms in total. The lowest BCUT2D eigenvalue weighted by Crippen LogP contribution is -2.34. The Bertz CT molecular complexity index is 559. The van der Waals surface area contributed by atoms with Crippen molar-refractivity contribution in [3.8, 4) is 0 Å². The van der Waals surface area contributed by atoms with Crippen LogP contribution in [0.2, 0.25) is 0 Å². The van der Waals surface area contributed by atoms with Crippen molar-refractivity contribution in [3.63, 3.8) is 0 Å². The predicted molar refractivity (Wildman–Crippen MR) is 56.3 cm³/mol. The smallest absolute Gasteiger partial charge is 0.167 e. The first kappa shape index (κ1) is 12.3. The van der Waals surface area contributed by atoms with Crippen LogP contribution in [0.3, 0.4) is 0 Å². The fourth-order valence-corrected chi connectivity index (χ4v) is 1.59. The van der Waals surface area contributed by atoms with Crippen molar-refractivity contribution in [2.45, 2.75) is 12.1 Å². The van der Waals surface area contributed by atoms with E-state index in [1.165, 1.54) is 17.3 Å². The molecule has 1 atom stereocenters. The Kier molecular flexibility index (Phi) is 3.15. The van der Waals surface area contributed by atoms with Crippen LogP contribution in [-0.4, -0.2) is 26.2 Å². The number of aromatic nitrogens is 3. The molecule has 2 aromatic rings. The van der Waals surface area contributed by atoms with Gasteiger partial charge < -0.3 is 5.11 Å². The highest BCUT2D eigenvalue weighted by Gasteiger charge is 2.33. The lowest BCUT2D eigenvalue weighted by Gasteiger charge is -2.22. The van der Waals surface area contributed by atoms with E-state index in [0.717, 1.165) is 12.1 Å². The van der Waals surface area contributed by atoms with Gasteiger partial charge in [0.15, 0.2) is 11.9 Å². The summed E-state index contributed by atoms with van der Waals surface area (Å²) >= 11 is 0. The Morgan fingerprint density at radius 1 is 1.44 bits per heavy atom. The zero-order valence-electron chi connectivity index (χ0n) is 9.12. The molecule has 0 fully saturated rings. The third-order valence-electron chi connectivity index (χ3n) is 2.46. The van der Waals surface area contributed by atoms with Crippen LogP contribution in [0.4, 0.5) is 8.78 Å². The normalized spacial score (nSPS) is 14.2. The first-order valence-corrected chi connectivity index (χ1v) is 5.02. The first-order chi connectivity index (χ1) is 8.55. The van der Waals surface area contributed by atoms with Gasteiger partial charge in [-0.15, -0.1) is 0 Å². The van der Waals surface area contributed by atoms with Crippen molar-refractivity contribution in [2.75, 3.05) is 0 Å². The maximum Gasteiger partial charge on any atom is 0.167 e. The Balaban J connectivity index is 2.39. The van der Waals surface area contributed by atoms with Crippen LogP contribution in [-0.2, 0) is 16.9 Å². The van der Waals surface area contributed by atoms with Crippen LogP contribution < -0.4 is 0 Å². The molecule has 0 aliphatic rings. The third-order valence-corrected chi connectivity index (χ3v) is 2.46. The minimum absolute atomic E-state index is 0.186. The van der Waals surface area contributed by atoms with E-state index in [9.17, 15) is 18.7 Å². The standard InChI is InChI=1S/C11H9F2N3O2/c12-8-1-2-9(10(13)3-8)11(18,5-17)4-16-7-14-6-15-16/h1-3,5-7,18H,4H2/t11-/m1/s1. The van der Waals surface area contributed by atoms with Crippen LogP contribution in [0.25, 0.3) is 0 Å². The Labute approximate surface area is 101 Å². The number of halogens is 2. The summed E-state index contributed by atoms with van der Waals surface area (Å²) in [5.74, 6) is -1.78. The molecule has 94 valence electrons. The largest absolute Gasteiger partial charge is 0.376 e. The minimum Gasteiger partial charge on any atom is -0.376 e. The first-order valence-electron chi connectivity index (χ1n) is 5.02. The van der Waals surface area contributed by atoms with Crippen LogP contribution in [0.1, 0.15) is 5.56 Å². The van der Waals surface area contributed by atoms with E-state index in [0.29, 0.717) is 6.07 Å². The van der Waals surface area contributed by atoms with Gasteiger partial charge in [-0.05, 0) is 12.1 Å². The molecule has 1 heterocycles. The Hall–Kier alpha value is -2.15. The van der Waals surface area contributed by atoms with Gasteiger partial charge in [-0.25, -0.2) is 18.4 Å². The topological polar surface area (TPSA) is 68.0 Å². The molecule has 0 aliphatic heterocycles. The SMILES string of the molecule is O=C[C@](O)(Cn1cncn1)c1ccc(F)cc1F. The van der Waals surface area contributed by atoms with Crippen molar-refractivity contribution in [1.82, 2.24) is 14.8 Å². The van der Waals surface area contributed by atoms with Crippen LogP contribution in [0.5, 0.6) is 0 Å². The number of rotatable bonds is 4. The predicted octanol–water partition coefficient (Wildman–Crippen LogP) is 0.643. The summed E-state index contributed by atoms with van der Waals surface area (Å²) < 4.78 is 27.5. The highest BCUT2D eigenvalue weighted by Crippen LogP contribution is 2.24. The summed E-state index contributed by atoms with van der Waals surface area (Å²) in [4.78, 5) is 14.7. The molecule has 0 aliphatic carbocycles. The molecule has 0 saturated heterocycles. The van der Waals surface area contributed by atoms with Gasteiger partial charge in [-0.3, -0.25) is 4.79 Å². The van der Waals surface area contributed by atoms with Crippen molar-refractivity contribution < 1.29 is 18.7 Å². The number of benzene rings is 1. The lowest BCUT2D eigenvalue weighted by molar-refractivity contribution is -0.127. The van der Waals surface area contributed by atoms with E-state index in [2.05, 4.69) is 10.1 Å². The zero-order valence-corrected chi connectivity index (χ0v) is 9.12. The maximum atomic E-state index is 13.6. The number of hydrogen-bond acceptors (Lipinski definition) is 4. The van der Waals surface area contributed by atoms with Crippen molar-refractivity contribution in [2.24, 2.45) is 0 Å². The molecule has 0 unspecified atom stereocenters. The Morgan fingerprint density at radius 2 is 2.22 bits per heavy atom. The molecule has 0 amide bonds. The molecule has 0 saturated carbocycles. The van der Waals surface area contributed by atoms with Gasteiger partial charge in [0.2, 0.25) is 0 Å². The molecular formula is C11H9F2N3O2. The van der Waals surface area contributed by atoms with Gasteiger partial charge in [-0.1, -0.05) is 0 Å². The number of carbonyl (C=O) groups excluding carboxylic acids is 1. The average molecular weight is 253 g/mol. The second-order valence-electron chi connectivity index (χ2n) is 3.76. The second-order valence-corrected chi connectivity index (χ2v) is 3.76. The number of aliphatic hydroxyl groups is 1. The van der Waals surface area contributed by atoms with Gasteiger partial charge in [0.1, 0.15) is 24.3 Å². The number of aldehydes is 1. The number of carbonyl (C=O) groups is 1. The number of hydrogen-bond donors (Lipinski definition) is 1. The van der Waals surface area contributed by atoms with Crippen molar-refractivity contribution >= 4 is 6.29 Å². The molecule has 1 aromatic carbocycles. The summed E-state index contributed by atoms with van der Waals surface area (Å²) in [6.07, 6.45) is 2.67. The van der Waals surface area contributed by atoms with Crippen molar-refractivity contribution in [3.05, 3.63) is 48.1 Å². The molecular weight excluding hydrogens is 244 g/mol. The second kappa shape index (κ2) is 4.61. The highest BCUT2D eigenvalue weighted by molar-refractivity contribution is 5.65. The summed E-state index contributed by atoms with van der Waals surface area (Å²) in [5.41, 5.74) is -2.43. The highest BCUT2D eigenvalue weighted by atomic mass is 19.1. The number of nitrogens with zero attached hydrogens (tertiary/aromatic N) is 3. The van der Waals surface area contributed by atoms with E-state index >= 15 is 0 Å². The summed E-state index contributed by atoms with van der Waals surface area (Å²) in [5, 5.41) is 13.8. The molecule has 1 aromatic heterocycles. The van der Waals surface area contributed by atoms with Crippen molar-refractivity contribution in [1.29, 1.82) is 0 Å². The van der Waals surface area contributed by atoms with Crippen LogP contribution in [0, 0.1) is 11.6 Å². The van der Waals surface area contributed by atoms with Gasteiger partial charge >= 0.3 is 0 Å².